The summed E-state index contributed by atoms with van der Waals surface area (Å²) in [6, 6.07) is 13.9. The number of hydrogen-bond acceptors (Lipinski definition) is 6. The fourth-order valence-corrected chi connectivity index (χ4v) is 4.81. The van der Waals surface area contributed by atoms with E-state index in [0.29, 0.717) is 5.02 Å². The zero-order valence-corrected chi connectivity index (χ0v) is 18.0. The average Bonchev–Trinajstić information content (AvgIpc) is 2.70. The molecule has 0 saturated carbocycles. The fraction of sp³-hybridized carbons (Fsp3) is 0. The summed E-state index contributed by atoms with van der Waals surface area (Å²) in [5, 5.41) is 9.30. The van der Waals surface area contributed by atoms with E-state index in [4.69, 9.17) is 22.4 Å². The van der Waals surface area contributed by atoms with E-state index < -0.39 is 26.0 Å². The summed E-state index contributed by atoms with van der Waals surface area (Å²) >= 11 is 5.78. The SMILES string of the molecule is Nc1ccc(NS(=O)(=O)c2ccc(Cl)cc2)c(NS(=O)(=O)c2ccc(C(=O)O)cc2)c1. The maximum absolute atomic E-state index is 12.7. The number of nitrogens with two attached hydrogens (primary N) is 1. The van der Waals surface area contributed by atoms with Crippen LogP contribution in [0, 0.1) is 0 Å². The highest BCUT2D eigenvalue weighted by molar-refractivity contribution is 7.93. The van der Waals surface area contributed by atoms with Gasteiger partial charge in [-0.15, -0.1) is 0 Å². The monoisotopic (exact) mass is 481 g/mol. The molecular weight excluding hydrogens is 466 g/mol. The number of aromatic carboxylic acids is 1. The number of halogens is 1. The van der Waals surface area contributed by atoms with E-state index in [1.165, 1.54) is 42.5 Å². The summed E-state index contributed by atoms with van der Waals surface area (Å²) in [7, 11) is -8.22. The molecule has 0 aliphatic heterocycles. The molecule has 0 amide bonds. The van der Waals surface area contributed by atoms with Crippen LogP contribution in [0.15, 0.2) is 76.5 Å². The number of nitrogen functional groups attached to an aromatic ring is 1. The van der Waals surface area contributed by atoms with E-state index in [0.717, 1.165) is 24.3 Å². The quantitative estimate of drug-likeness (QED) is 0.377. The maximum Gasteiger partial charge on any atom is 0.335 e. The van der Waals surface area contributed by atoms with Crippen LogP contribution in [0.2, 0.25) is 5.02 Å². The van der Waals surface area contributed by atoms with Gasteiger partial charge in [-0.05, 0) is 66.7 Å². The molecule has 0 radical (unpaired) electrons. The lowest BCUT2D eigenvalue weighted by molar-refractivity contribution is 0.0696. The molecule has 0 bridgehead atoms. The first-order chi connectivity index (χ1) is 14.5. The van der Waals surface area contributed by atoms with Crippen molar-refractivity contribution >= 4 is 54.7 Å². The summed E-state index contributed by atoms with van der Waals surface area (Å²) < 4.78 is 55.4. The molecule has 0 atom stereocenters. The van der Waals surface area contributed by atoms with Crippen molar-refractivity contribution in [3.8, 4) is 0 Å². The Morgan fingerprint density at radius 1 is 0.774 bits per heavy atom. The van der Waals surface area contributed by atoms with Crippen molar-refractivity contribution in [2.75, 3.05) is 15.2 Å². The summed E-state index contributed by atoms with van der Waals surface area (Å²) in [5.74, 6) is -1.20. The van der Waals surface area contributed by atoms with Crippen molar-refractivity contribution in [3.05, 3.63) is 77.3 Å². The molecule has 162 valence electrons. The minimum absolute atomic E-state index is 0.0603. The third-order valence-corrected chi connectivity index (χ3v) is 7.08. The Bertz CT molecular complexity index is 1340. The van der Waals surface area contributed by atoms with Gasteiger partial charge in [0.15, 0.2) is 0 Å². The second-order valence-corrected chi connectivity index (χ2v) is 10.1. The van der Waals surface area contributed by atoms with Crippen molar-refractivity contribution in [1.29, 1.82) is 0 Å². The minimum atomic E-state index is -4.17. The first-order valence-electron chi connectivity index (χ1n) is 8.52. The summed E-state index contributed by atoms with van der Waals surface area (Å²) in [5.41, 5.74) is 5.67. The molecule has 31 heavy (non-hydrogen) atoms. The minimum Gasteiger partial charge on any atom is -0.478 e. The second-order valence-electron chi connectivity index (χ2n) is 6.30. The number of hydrogen-bond donors (Lipinski definition) is 4. The number of rotatable bonds is 7. The first kappa shape index (κ1) is 22.4. The lowest BCUT2D eigenvalue weighted by Crippen LogP contribution is -2.18. The van der Waals surface area contributed by atoms with Gasteiger partial charge in [-0.2, -0.15) is 0 Å². The van der Waals surface area contributed by atoms with Gasteiger partial charge in [0.05, 0.1) is 26.7 Å². The van der Waals surface area contributed by atoms with Crippen LogP contribution in [0.5, 0.6) is 0 Å². The van der Waals surface area contributed by atoms with Crippen LogP contribution >= 0.6 is 11.6 Å². The van der Waals surface area contributed by atoms with Crippen molar-refractivity contribution in [2.24, 2.45) is 0 Å². The van der Waals surface area contributed by atoms with Gasteiger partial charge in [0.25, 0.3) is 20.0 Å². The van der Waals surface area contributed by atoms with Crippen LogP contribution in [0.1, 0.15) is 10.4 Å². The highest BCUT2D eigenvalue weighted by Gasteiger charge is 2.20. The number of nitrogens with one attached hydrogen (secondary N) is 2. The first-order valence-corrected chi connectivity index (χ1v) is 11.9. The molecule has 0 saturated heterocycles. The van der Waals surface area contributed by atoms with Crippen LogP contribution < -0.4 is 15.2 Å². The van der Waals surface area contributed by atoms with E-state index in [1.54, 1.807) is 0 Å². The van der Waals surface area contributed by atoms with Gasteiger partial charge in [0.1, 0.15) is 0 Å². The largest absolute Gasteiger partial charge is 0.478 e. The van der Waals surface area contributed by atoms with Gasteiger partial charge in [0.2, 0.25) is 0 Å². The van der Waals surface area contributed by atoms with Gasteiger partial charge in [-0.25, -0.2) is 21.6 Å². The molecule has 3 rings (SSSR count). The number of carboxylic acid groups (broad SMARTS) is 1. The standard InChI is InChI=1S/C19H16ClN3O6S2/c20-13-3-8-16(9-4-13)30(26,27)22-17-10-5-14(21)11-18(17)23-31(28,29)15-6-1-12(2-7-15)19(24)25/h1-11,22-23H,21H2,(H,24,25). The van der Waals surface area contributed by atoms with E-state index in [2.05, 4.69) is 9.44 Å². The van der Waals surface area contributed by atoms with Crippen LogP contribution in [-0.4, -0.2) is 27.9 Å². The van der Waals surface area contributed by atoms with Crippen molar-refractivity contribution in [1.82, 2.24) is 0 Å². The lowest BCUT2D eigenvalue weighted by Gasteiger charge is -2.15. The van der Waals surface area contributed by atoms with E-state index >= 15 is 0 Å². The molecule has 0 spiro atoms. The van der Waals surface area contributed by atoms with Crippen LogP contribution in [0.3, 0.4) is 0 Å². The van der Waals surface area contributed by atoms with Crippen molar-refractivity contribution in [3.63, 3.8) is 0 Å². The van der Waals surface area contributed by atoms with Gasteiger partial charge in [-0.1, -0.05) is 11.6 Å². The van der Waals surface area contributed by atoms with Gasteiger partial charge in [0, 0.05) is 10.7 Å². The second kappa shape index (κ2) is 8.46. The van der Waals surface area contributed by atoms with Crippen LogP contribution in [-0.2, 0) is 20.0 Å². The third kappa shape index (κ3) is 5.26. The molecule has 0 fully saturated rings. The van der Waals surface area contributed by atoms with E-state index in [1.807, 2.05) is 0 Å². The summed E-state index contributed by atoms with van der Waals surface area (Å²) in [4.78, 5) is 10.7. The summed E-state index contributed by atoms with van der Waals surface area (Å²) in [6.07, 6.45) is 0. The predicted octanol–water partition coefficient (Wildman–Crippen LogP) is 3.22. The molecule has 5 N–H and O–H groups in total. The fourth-order valence-electron chi connectivity index (χ4n) is 2.53. The summed E-state index contributed by atoms with van der Waals surface area (Å²) in [6.45, 7) is 0. The van der Waals surface area contributed by atoms with Crippen molar-refractivity contribution < 1.29 is 26.7 Å². The molecule has 3 aromatic carbocycles. The van der Waals surface area contributed by atoms with Crippen LogP contribution in [0.25, 0.3) is 0 Å². The Morgan fingerprint density at radius 3 is 1.77 bits per heavy atom. The van der Waals surface area contributed by atoms with Gasteiger partial charge >= 0.3 is 5.97 Å². The van der Waals surface area contributed by atoms with E-state index in [-0.39, 0.29) is 32.4 Å². The Labute approximate surface area is 183 Å². The smallest absolute Gasteiger partial charge is 0.335 e. The van der Waals surface area contributed by atoms with Crippen molar-refractivity contribution in [2.45, 2.75) is 9.79 Å². The van der Waals surface area contributed by atoms with Gasteiger partial charge in [-0.3, -0.25) is 9.44 Å². The molecule has 3 aromatic rings. The Kier molecular flexibility index (Phi) is 6.11. The molecular formula is C19H16ClN3O6S2. The molecule has 12 heteroatoms. The highest BCUT2D eigenvalue weighted by atomic mass is 35.5. The number of carboxylic acids is 1. The molecule has 0 aromatic heterocycles. The third-order valence-electron chi connectivity index (χ3n) is 4.07. The predicted molar refractivity (Wildman–Crippen MR) is 117 cm³/mol. The topological polar surface area (TPSA) is 156 Å². The Hall–Kier alpha value is -3.28. The average molecular weight is 482 g/mol. The Morgan fingerprint density at radius 2 is 1.26 bits per heavy atom. The zero-order chi connectivity index (χ0) is 22.8. The molecule has 0 aliphatic rings. The van der Waals surface area contributed by atoms with E-state index in [9.17, 15) is 21.6 Å². The van der Waals surface area contributed by atoms with Gasteiger partial charge < -0.3 is 10.8 Å². The molecule has 0 aliphatic carbocycles. The molecule has 0 heterocycles. The number of carbonyl (C=O) groups is 1. The maximum atomic E-state index is 12.7. The highest BCUT2D eigenvalue weighted by Crippen LogP contribution is 2.29. The number of benzene rings is 3. The molecule has 0 unspecified atom stereocenters. The number of sulfonamides is 2. The lowest BCUT2D eigenvalue weighted by atomic mass is 10.2. The van der Waals surface area contributed by atoms with Crippen LogP contribution in [0.4, 0.5) is 17.1 Å². The normalized spacial score (nSPS) is 11.6. The molecule has 9 nitrogen and oxygen atoms in total. The Balaban J connectivity index is 1.94. The zero-order valence-electron chi connectivity index (χ0n) is 15.6. The number of anilines is 3.